The molecule has 3 aromatic heterocycles. The van der Waals surface area contributed by atoms with Crippen LogP contribution in [0.15, 0.2) is 73.1 Å². The minimum absolute atomic E-state index is 0.119. The predicted octanol–water partition coefficient (Wildman–Crippen LogP) is 4.79. The Labute approximate surface area is 203 Å². The molecule has 1 saturated heterocycles. The SMILES string of the molecule is Cc1cc([C@@H]2[C@H](c3ccccn3)NC(=S)N2c2ccc3c(c2)OCO3)c(C)n1-c1ccccn1. The molecular formula is C26H23N5O2S. The van der Waals surface area contributed by atoms with Gasteiger partial charge >= 0.3 is 0 Å². The zero-order valence-electron chi connectivity index (χ0n) is 18.8. The van der Waals surface area contributed by atoms with Crippen LogP contribution in [-0.2, 0) is 0 Å². The number of nitrogens with zero attached hydrogens (tertiary/aromatic N) is 4. The number of hydrogen-bond acceptors (Lipinski definition) is 5. The average molecular weight is 470 g/mol. The van der Waals surface area contributed by atoms with E-state index in [9.17, 15) is 0 Å². The van der Waals surface area contributed by atoms with Gasteiger partial charge in [0.2, 0.25) is 6.79 Å². The first-order valence-corrected chi connectivity index (χ1v) is 11.5. The summed E-state index contributed by atoms with van der Waals surface area (Å²) < 4.78 is 13.4. The Bertz CT molecular complexity index is 1370. The number of rotatable bonds is 4. The van der Waals surface area contributed by atoms with Crippen molar-refractivity contribution in [2.75, 3.05) is 11.7 Å². The fourth-order valence-electron chi connectivity index (χ4n) is 4.91. The van der Waals surface area contributed by atoms with E-state index in [2.05, 4.69) is 44.7 Å². The molecule has 0 bridgehead atoms. The lowest BCUT2D eigenvalue weighted by molar-refractivity contribution is 0.174. The zero-order valence-corrected chi connectivity index (χ0v) is 19.6. The maximum absolute atomic E-state index is 5.88. The van der Waals surface area contributed by atoms with Crippen molar-refractivity contribution in [3.8, 4) is 17.3 Å². The Morgan fingerprint density at radius 2 is 1.74 bits per heavy atom. The smallest absolute Gasteiger partial charge is 0.231 e. The van der Waals surface area contributed by atoms with E-state index in [4.69, 9.17) is 21.7 Å². The van der Waals surface area contributed by atoms with E-state index < -0.39 is 0 Å². The summed E-state index contributed by atoms with van der Waals surface area (Å²) in [4.78, 5) is 11.4. The number of anilines is 1. The van der Waals surface area contributed by atoms with Crippen molar-refractivity contribution in [1.29, 1.82) is 0 Å². The van der Waals surface area contributed by atoms with Crippen molar-refractivity contribution >= 4 is 23.0 Å². The number of nitrogens with one attached hydrogen (secondary N) is 1. The van der Waals surface area contributed by atoms with Gasteiger partial charge in [-0.15, -0.1) is 0 Å². The van der Waals surface area contributed by atoms with Gasteiger partial charge in [0.1, 0.15) is 5.82 Å². The van der Waals surface area contributed by atoms with Crippen molar-refractivity contribution in [2.24, 2.45) is 0 Å². The van der Waals surface area contributed by atoms with Crippen LogP contribution in [-0.4, -0.2) is 26.4 Å². The second kappa shape index (κ2) is 8.14. The molecule has 0 amide bonds. The molecule has 6 rings (SSSR count). The molecule has 4 aromatic rings. The number of ether oxygens (including phenoxy) is 2. The fraction of sp³-hybridized carbons (Fsp3) is 0.192. The Hall–Kier alpha value is -3.91. The zero-order chi connectivity index (χ0) is 23.2. The first kappa shape index (κ1) is 20.7. The average Bonchev–Trinajstić information content (AvgIpc) is 3.54. The highest BCUT2D eigenvalue weighted by molar-refractivity contribution is 7.80. The number of hydrogen-bond donors (Lipinski definition) is 1. The van der Waals surface area contributed by atoms with Crippen molar-refractivity contribution in [3.05, 3.63) is 95.7 Å². The molecule has 0 unspecified atom stereocenters. The van der Waals surface area contributed by atoms with Crippen LogP contribution in [0.4, 0.5) is 5.69 Å². The Balaban J connectivity index is 1.51. The molecule has 0 aliphatic carbocycles. The highest BCUT2D eigenvalue weighted by Gasteiger charge is 2.42. The number of benzene rings is 1. The van der Waals surface area contributed by atoms with E-state index in [0.717, 1.165) is 45.6 Å². The van der Waals surface area contributed by atoms with Gasteiger partial charge in [0, 0.05) is 35.5 Å². The fourth-order valence-corrected chi connectivity index (χ4v) is 5.26. The summed E-state index contributed by atoms with van der Waals surface area (Å²) in [5.41, 5.74) is 5.24. The predicted molar refractivity (Wildman–Crippen MR) is 134 cm³/mol. The summed E-state index contributed by atoms with van der Waals surface area (Å²) in [7, 11) is 0. The van der Waals surface area contributed by atoms with Crippen LogP contribution >= 0.6 is 12.2 Å². The van der Waals surface area contributed by atoms with Gasteiger partial charge in [-0.1, -0.05) is 12.1 Å². The molecule has 8 heteroatoms. The third-order valence-corrected chi connectivity index (χ3v) is 6.71. The number of thiocarbonyl (C=S) groups is 1. The maximum Gasteiger partial charge on any atom is 0.231 e. The van der Waals surface area contributed by atoms with Crippen LogP contribution in [0.5, 0.6) is 11.5 Å². The summed E-state index contributed by atoms with van der Waals surface area (Å²) in [5.74, 6) is 2.36. The number of pyridine rings is 2. The van der Waals surface area contributed by atoms with E-state index in [-0.39, 0.29) is 18.9 Å². The van der Waals surface area contributed by atoms with E-state index >= 15 is 0 Å². The van der Waals surface area contributed by atoms with Crippen molar-refractivity contribution in [3.63, 3.8) is 0 Å². The molecule has 1 N–H and O–H groups in total. The van der Waals surface area contributed by atoms with Crippen molar-refractivity contribution < 1.29 is 9.47 Å². The molecule has 7 nitrogen and oxygen atoms in total. The third-order valence-electron chi connectivity index (χ3n) is 6.40. The van der Waals surface area contributed by atoms with Gasteiger partial charge in [0.25, 0.3) is 0 Å². The Morgan fingerprint density at radius 3 is 2.50 bits per heavy atom. The highest BCUT2D eigenvalue weighted by atomic mass is 32.1. The lowest BCUT2D eigenvalue weighted by Crippen LogP contribution is -2.29. The third kappa shape index (κ3) is 3.30. The minimum atomic E-state index is -0.128. The van der Waals surface area contributed by atoms with Gasteiger partial charge in [-0.3, -0.25) is 4.98 Å². The van der Waals surface area contributed by atoms with Crippen molar-refractivity contribution in [2.45, 2.75) is 25.9 Å². The molecule has 2 atom stereocenters. The minimum Gasteiger partial charge on any atom is -0.454 e. The molecule has 2 aliphatic heterocycles. The lowest BCUT2D eigenvalue weighted by Gasteiger charge is -2.28. The van der Waals surface area contributed by atoms with Gasteiger partial charge in [-0.25, -0.2) is 4.98 Å². The molecule has 5 heterocycles. The molecule has 170 valence electrons. The van der Waals surface area contributed by atoms with Crippen LogP contribution in [0.2, 0.25) is 0 Å². The molecule has 1 aromatic carbocycles. The molecule has 0 spiro atoms. The van der Waals surface area contributed by atoms with E-state index in [1.165, 1.54) is 0 Å². The summed E-state index contributed by atoms with van der Waals surface area (Å²) in [6.45, 7) is 4.46. The standard InChI is InChI=1S/C26H23N5O2S/c1-16-13-19(17(2)30(16)23-8-4-6-12-28-23)25-24(20-7-3-5-11-27-20)29-26(34)31(25)18-9-10-21-22(14-18)33-15-32-21/h3-14,24-25H,15H2,1-2H3,(H,29,34)/t24-,25+/m0/s1. The van der Waals surface area contributed by atoms with Crippen LogP contribution in [0.25, 0.3) is 5.82 Å². The maximum atomic E-state index is 5.88. The van der Waals surface area contributed by atoms with Gasteiger partial charge in [-0.05, 0) is 74.1 Å². The number of aromatic nitrogens is 3. The second-order valence-electron chi connectivity index (χ2n) is 8.38. The molecular weight excluding hydrogens is 446 g/mol. The first-order valence-electron chi connectivity index (χ1n) is 11.1. The number of aryl methyl sites for hydroxylation is 1. The van der Waals surface area contributed by atoms with E-state index in [1.807, 2.05) is 67.0 Å². The number of fused-ring (bicyclic) bond motifs is 1. The molecule has 34 heavy (non-hydrogen) atoms. The van der Waals surface area contributed by atoms with Gasteiger partial charge in [-0.2, -0.15) is 0 Å². The summed E-state index contributed by atoms with van der Waals surface area (Å²) in [5, 5.41) is 4.17. The van der Waals surface area contributed by atoms with Crippen LogP contribution in [0, 0.1) is 13.8 Å². The quantitative estimate of drug-likeness (QED) is 0.431. The summed E-state index contributed by atoms with van der Waals surface area (Å²) in [6, 6.07) is 19.8. The highest BCUT2D eigenvalue weighted by Crippen LogP contribution is 2.45. The van der Waals surface area contributed by atoms with Gasteiger partial charge in [0.05, 0.1) is 17.8 Å². The lowest BCUT2D eigenvalue weighted by atomic mass is 9.96. The van der Waals surface area contributed by atoms with Crippen molar-refractivity contribution in [1.82, 2.24) is 19.9 Å². The summed E-state index contributed by atoms with van der Waals surface area (Å²) in [6.07, 6.45) is 3.63. The normalized spacial score (nSPS) is 18.9. The largest absolute Gasteiger partial charge is 0.454 e. The first-order chi connectivity index (χ1) is 16.6. The van der Waals surface area contributed by atoms with Gasteiger partial charge < -0.3 is 24.3 Å². The molecule has 2 aliphatic rings. The Morgan fingerprint density at radius 1 is 0.941 bits per heavy atom. The summed E-state index contributed by atoms with van der Waals surface area (Å²) >= 11 is 5.88. The van der Waals surface area contributed by atoms with Gasteiger partial charge in [0.15, 0.2) is 16.6 Å². The molecule has 0 saturated carbocycles. The molecule has 1 fully saturated rings. The van der Waals surface area contributed by atoms with Crippen LogP contribution < -0.4 is 19.7 Å². The van der Waals surface area contributed by atoms with Crippen LogP contribution in [0.3, 0.4) is 0 Å². The second-order valence-corrected chi connectivity index (χ2v) is 8.77. The monoisotopic (exact) mass is 469 g/mol. The van der Waals surface area contributed by atoms with E-state index in [1.54, 1.807) is 0 Å². The van der Waals surface area contributed by atoms with Crippen LogP contribution in [0.1, 0.15) is 34.7 Å². The van der Waals surface area contributed by atoms with E-state index in [0.29, 0.717) is 5.11 Å². The topological polar surface area (TPSA) is 64.4 Å². The molecule has 0 radical (unpaired) electrons. The Kier molecular flexibility index (Phi) is 4.95.